The molecule has 14 nitrogen and oxygen atoms in total. The van der Waals surface area contributed by atoms with Gasteiger partial charge in [0.1, 0.15) is 42.5 Å². The molecule has 3 aromatic heterocycles. The van der Waals surface area contributed by atoms with E-state index in [0.717, 1.165) is 11.5 Å². The summed E-state index contributed by atoms with van der Waals surface area (Å²) in [6, 6.07) is 6.55. The Hall–Kier alpha value is -4.49. The molecule has 194 valence electrons. The summed E-state index contributed by atoms with van der Waals surface area (Å²) >= 11 is 2.20. The van der Waals surface area contributed by atoms with Gasteiger partial charge in [0.2, 0.25) is 17.2 Å². The predicted octanol–water partition coefficient (Wildman–Crippen LogP) is -0.288. The largest absolute Gasteiger partial charge is 0.477 e. The number of thioether (sulfide) groups is 1. The van der Waals surface area contributed by atoms with E-state index in [1.54, 1.807) is 34.4 Å². The van der Waals surface area contributed by atoms with Crippen molar-refractivity contribution in [3.63, 3.8) is 0 Å². The van der Waals surface area contributed by atoms with E-state index in [1.807, 2.05) is 12.1 Å². The monoisotopic (exact) mass is 554 g/mol. The smallest absolute Gasteiger partial charge is 0.352 e. The molecule has 38 heavy (non-hydrogen) atoms. The molecule has 0 unspecified atom stereocenters. The number of nitriles is 1. The molecule has 2 aliphatic rings. The van der Waals surface area contributed by atoms with Gasteiger partial charge in [-0.15, -0.1) is 11.8 Å². The minimum Gasteiger partial charge on any atom is -0.477 e. The summed E-state index contributed by atoms with van der Waals surface area (Å²) in [6.45, 7) is 2.03. The van der Waals surface area contributed by atoms with Crippen LogP contribution >= 0.6 is 23.3 Å². The number of nitrogens with one attached hydrogen (secondary N) is 1. The number of hydrogen-bond acceptors (Lipinski definition) is 11. The average Bonchev–Trinajstić information content (AvgIpc) is 3.50. The molecule has 0 saturated carbocycles. The van der Waals surface area contributed by atoms with Crippen molar-refractivity contribution in [1.29, 1.82) is 5.26 Å². The maximum absolute atomic E-state index is 13.1. The van der Waals surface area contributed by atoms with Crippen molar-refractivity contribution in [2.75, 3.05) is 18.1 Å². The molecule has 1 fully saturated rings. The SMILES string of the molecule is CCO/N=C(/C(=O)N[C@@H]1C(=O)N2C(C(=O)O)=C(C[n+]3cc(C#N)n4ccccc43)CS[C@H]12)c1nsc(N)n1. The number of nitrogens with two attached hydrogens (primary N) is 1. The van der Waals surface area contributed by atoms with Gasteiger partial charge in [0.05, 0.1) is 6.20 Å². The number of imidazole rings is 1. The molecule has 2 atom stereocenters. The van der Waals surface area contributed by atoms with Crippen molar-refractivity contribution >= 4 is 57.6 Å². The second kappa shape index (κ2) is 10.1. The number of fused-ring (bicyclic) bond motifs is 2. The number of amides is 2. The van der Waals surface area contributed by atoms with Gasteiger partial charge in [-0.3, -0.25) is 14.5 Å². The molecule has 3 aromatic rings. The minimum atomic E-state index is -1.26. The van der Waals surface area contributed by atoms with E-state index in [4.69, 9.17) is 10.6 Å². The van der Waals surface area contributed by atoms with Crippen molar-refractivity contribution in [3.8, 4) is 6.07 Å². The van der Waals surface area contributed by atoms with Gasteiger partial charge in [-0.2, -0.15) is 19.0 Å². The molecule has 0 aliphatic carbocycles. The van der Waals surface area contributed by atoms with E-state index < -0.39 is 29.2 Å². The Bertz CT molecular complexity index is 1570. The first-order chi connectivity index (χ1) is 18.3. The van der Waals surface area contributed by atoms with Crippen molar-refractivity contribution in [2.24, 2.45) is 5.16 Å². The Labute approximate surface area is 223 Å². The third-order valence-electron chi connectivity index (χ3n) is 5.84. The normalized spacial score (nSPS) is 19.1. The molecule has 0 aromatic carbocycles. The quantitative estimate of drug-likeness (QED) is 0.144. The number of carboxylic acid groups (broad SMARTS) is 1. The fourth-order valence-corrected chi connectivity index (χ4v) is 5.99. The molecular weight excluding hydrogens is 534 g/mol. The number of β-lactam (4-membered cyclic amide) rings is 1. The Kier molecular flexibility index (Phi) is 6.70. The number of nitrogens with zero attached hydrogens (tertiary/aromatic N) is 7. The summed E-state index contributed by atoms with van der Waals surface area (Å²) < 4.78 is 7.45. The zero-order valence-corrected chi connectivity index (χ0v) is 21.4. The number of carbonyl (C=O) groups is 3. The summed E-state index contributed by atoms with van der Waals surface area (Å²) in [7, 11) is 0. The van der Waals surface area contributed by atoms with Crippen molar-refractivity contribution in [3.05, 3.63) is 53.4 Å². The Morgan fingerprint density at radius 1 is 1.45 bits per heavy atom. The summed E-state index contributed by atoms with van der Waals surface area (Å²) in [5.41, 5.74) is 6.83. The van der Waals surface area contributed by atoms with Crippen LogP contribution in [0.1, 0.15) is 18.4 Å². The van der Waals surface area contributed by atoms with E-state index in [2.05, 4.69) is 25.9 Å². The molecule has 0 radical (unpaired) electrons. The molecule has 2 aliphatic heterocycles. The maximum atomic E-state index is 13.1. The third-order valence-corrected chi connectivity index (χ3v) is 7.72. The van der Waals surface area contributed by atoms with Crippen LogP contribution in [0.2, 0.25) is 0 Å². The van der Waals surface area contributed by atoms with E-state index in [0.29, 0.717) is 22.7 Å². The lowest BCUT2D eigenvalue weighted by atomic mass is 10.0. The van der Waals surface area contributed by atoms with E-state index in [9.17, 15) is 24.8 Å². The van der Waals surface area contributed by atoms with Crippen LogP contribution < -0.4 is 15.6 Å². The molecule has 0 spiro atoms. The molecule has 0 bridgehead atoms. The number of aliphatic carboxylic acids is 1. The minimum absolute atomic E-state index is 0.0414. The van der Waals surface area contributed by atoms with E-state index >= 15 is 0 Å². The molecular formula is C22H20N9O5S2+. The summed E-state index contributed by atoms with van der Waals surface area (Å²) in [5, 5.41) is 25.4. The number of rotatable bonds is 8. The van der Waals surface area contributed by atoms with Gasteiger partial charge < -0.3 is 21.0 Å². The number of aromatic nitrogens is 4. The molecule has 5 rings (SSSR count). The van der Waals surface area contributed by atoms with Crippen LogP contribution in [-0.2, 0) is 25.8 Å². The molecule has 2 amide bonds. The average molecular weight is 555 g/mol. The van der Waals surface area contributed by atoms with Gasteiger partial charge in [0.15, 0.2) is 5.13 Å². The highest BCUT2D eigenvalue weighted by Gasteiger charge is 2.54. The molecule has 16 heteroatoms. The maximum Gasteiger partial charge on any atom is 0.352 e. The molecule has 5 heterocycles. The first-order valence-corrected chi connectivity index (χ1v) is 13.1. The van der Waals surface area contributed by atoms with Gasteiger partial charge in [-0.25, -0.2) is 9.36 Å². The lowest BCUT2D eigenvalue weighted by molar-refractivity contribution is -0.662. The zero-order chi connectivity index (χ0) is 27.0. The molecule has 1 saturated heterocycles. The zero-order valence-electron chi connectivity index (χ0n) is 19.8. The standard InChI is InChI=1S/C22H19N9O5S2/c1-2-36-27-14(17-26-22(24)38-28-17)18(32)25-15-19(33)31-16(21(34)35)11(10-37-20(15)31)8-29-9-12(7-23)30-6-4-3-5-13(29)30/h3-6,9,15,20H,2,8,10H2,1H3,(H3-,24,25,26,28,32,34,35)/p+1/b27-14+/t15-,20-/m1/s1. The van der Waals surface area contributed by atoms with Crippen LogP contribution in [0.3, 0.4) is 0 Å². The van der Waals surface area contributed by atoms with Crippen LogP contribution in [0.25, 0.3) is 5.65 Å². The van der Waals surface area contributed by atoms with E-state index in [-0.39, 0.29) is 35.5 Å². The number of anilines is 1. The van der Waals surface area contributed by atoms with Crippen LogP contribution in [0.15, 0.2) is 47.0 Å². The second-order valence-corrected chi connectivity index (χ2v) is 10.0. The van der Waals surface area contributed by atoms with Crippen LogP contribution in [0.4, 0.5) is 5.13 Å². The van der Waals surface area contributed by atoms with Crippen LogP contribution in [-0.4, -0.2) is 71.0 Å². The van der Waals surface area contributed by atoms with Crippen LogP contribution in [0, 0.1) is 11.3 Å². The second-order valence-electron chi connectivity index (χ2n) is 8.12. The van der Waals surface area contributed by atoms with Gasteiger partial charge in [-0.1, -0.05) is 11.2 Å². The number of hydrogen-bond donors (Lipinski definition) is 3. The number of nitrogen functional groups attached to an aromatic ring is 1. The first kappa shape index (κ1) is 25.2. The predicted molar refractivity (Wildman–Crippen MR) is 134 cm³/mol. The van der Waals surface area contributed by atoms with Gasteiger partial charge >= 0.3 is 5.97 Å². The van der Waals surface area contributed by atoms with Gasteiger partial charge in [0, 0.05) is 28.9 Å². The number of carboxylic acids is 1. The topological polar surface area (TPSA) is 192 Å². The molecule has 4 N–H and O–H groups in total. The number of carbonyl (C=O) groups excluding carboxylic acids is 2. The van der Waals surface area contributed by atoms with Gasteiger partial charge in [0.25, 0.3) is 17.5 Å². The fourth-order valence-electron chi connectivity index (χ4n) is 4.22. The lowest BCUT2D eigenvalue weighted by Gasteiger charge is -2.49. The van der Waals surface area contributed by atoms with Crippen molar-refractivity contribution < 1.29 is 28.9 Å². The highest BCUT2D eigenvalue weighted by Crippen LogP contribution is 2.40. The highest BCUT2D eigenvalue weighted by molar-refractivity contribution is 8.00. The van der Waals surface area contributed by atoms with Crippen molar-refractivity contribution in [2.45, 2.75) is 24.9 Å². The Morgan fingerprint density at radius 3 is 2.95 bits per heavy atom. The van der Waals surface area contributed by atoms with Crippen LogP contribution in [0.5, 0.6) is 0 Å². The first-order valence-electron chi connectivity index (χ1n) is 11.2. The lowest BCUT2D eigenvalue weighted by Crippen LogP contribution is -2.71. The highest BCUT2D eigenvalue weighted by atomic mass is 32.2. The Morgan fingerprint density at radius 2 is 2.26 bits per heavy atom. The van der Waals surface area contributed by atoms with Crippen molar-refractivity contribution in [1.82, 2.24) is 24.0 Å². The third kappa shape index (κ3) is 4.31. The Balaban J connectivity index is 1.39. The summed E-state index contributed by atoms with van der Waals surface area (Å²) in [6.07, 6.45) is 3.38. The number of pyridine rings is 1. The summed E-state index contributed by atoms with van der Waals surface area (Å²) in [5.74, 6) is -2.32. The summed E-state index contributed by atoms with van der Waals surface area (Å²) in [4.78, 5) is 48.5. The van der Waals surface area contributed by atoms with Gasteiger partial charge in [-0.05, 0) is 13.0 Å². The van der Waals surface area contributed by atoms with E-state index in [1.165, 1.54) is 16.7 Å². The fraction of sp³-hybridized carbons (Fsp3) is 0.273. The number of oxime groups is 1.